The van der Waals surface area contributed by atoms with E-state index in [1.807, 2.05) is 0 Å². The van der Waals surface area contributed by atoms with Crippen LogP contribution in [-0.4, -0.2) is 46.4 Å². The van der Waals surface area contributed by atoms with Gasteiger partial charge in [0, 0.05) is 24.6 Å². The van der Waals surface area contributed by atoms with Crippen LogP contribution in [0.4, 0.5) is 0 Å². The molecule has 22 heavy (non-hydrogen) atoms. The SMILES string of the molecule is COCC1(CNC(=O)c2ccc(OC)c(Br)c2)CCNCC1. The van der Waals surface area contributed by atoms with E-state index >= 15 is 0 Å². The third kappa shape index (κ3) is 4.21. The first-order valence-electron chi connectivity index (χ1n) is 7.42. The van der Waals surface area contributed by atoms with Gasteiger partial charge >= 0.3 is 0 Å². The third-order valence-corrected chi connectivity index (χ3v) is 4.77. The fourth-order valence-corrected chi connectivity index (χ4v) is 3.35. The van der Waals surface area contributed by atoms with Crippen LogP contribution in [0, 0.1) is 5.41 Å². The normalized spacial score (nSPS) is 17.0. The molecular weight excluding hydrogens is 348 g/mol. The molecule has 1 saturated heterocycles. The average Bonchev–Trinajstić information content (AvgIpc) is 2.54. The number of halogens is 1. The summed E-state index contributed by atoms with van der Waals surface area (Å²) >= 11 is 3.41. The number of amides is 1. The molecule has 1 aliphatic rings. The van der Waals surface area contributed by atoms with E-state index < -0.39 is 0 Å². The smallest absolute Gasteiger partial charge is 0.251 e. The first-order valence-corrected chi connectivity index (χ1v) is 8.21. The Balaban J connectivity index is 2.00. The molecule has 2 N–H and O–H groups in total. The number of methoxy groups -OCH3 is 2. The molecule has 1 amide bonds. The van der Waals surface area contributed by atoms with Crippen LogP contribution >= 0.6 is 15.9 Å². The summed E-state index contributed by atoms with van der Waals surface area (Å²) in [5, 5.41) is 6.40. The maximum atomic E-state index is 12.4. The van der Waals surface area contributed by atoms with E-state index in [9.17, 15) is 4.79 Å². The molecule has 0 atom stereocenters. The minimum atomic E-state index is -0.0719. The summed E-state index contributed by atoms with van der Waals surface area (Å²) in [6.07, 6.45) is 2.01. The van der Waals surface area contributed by atoms with Crippen molar-refractivity contribution in [2.75, 3.05) is 40.5 Å². The van der Waals surface area contributed by atoms with Crippen molar-refractivity contribution >= 4 is 21.8 Å². The number of nitrogens with one attached hydrogen (secondary N) is 2. The van der Waals surface area contributed by atoms with E-state index in [2.05, 4.69) is 26.6 Å². The van der Waals surface area contributed by atoms with E-state index in [0.29, 0.717) is 24.5 Å². The lowest BCUT2D eigenvalue weighted by atomic mass is 9.79. The summed E-state index contributed by atoms with van der Waals surface area (Å²) in [6, 6.07) is 5.33. The minimum Gasteiger partial charge on any atom is -0.496 e. The van der Waals surface area contributed by atoms with Crippen molar-refractivity contribution in [3.63, 3.8) is 0 Å². The molecule has 1 aromatic carbocycles. The average molecular weight is 371 g/mol. The van der Waals surface area contributed by atoms with Crippen molar-refractivity contribution in [1.82, 2.24) is 10.6 Å². The fraction of sp³-hybridized carbons (Fsp3) is 0.562. The van der Waals surface area contributed by atoms with Crippen LogP contribution in [0.3, 0.4) is 0 Å². The van der Waals surface area contributed by atoms with E-state index in [-0.39, 0.29) is 11.3 Å². The molecule has 1 aliphatic heterocycles. The van der Waals surface area contributed by atoms with Gasteiger partial charge in [0.2, 0.25) is 0 Å². The molecule has 0 aromatic heterocycles. The Kier molecular flexibility index (Phi) is 6.23. The number of carbonyl (C=O) groups is 1. The van der Waals surface area contributed by atoms with Gasteiger partial charge in [0.15, 0.2) is 0 Å². The second-order valence-electron chi connectivity index (χ2n) is 5.72. The van der Waals surface area contributed by atoms with Crippen LogP contribution in [0.2, 0.25) is 0 Å². The number of piperidine rings is 1. The van der Waals surface area contributed by atoms with Crippen molar-refractivity contribution in [2.45, 2.75) is 12.8 Å². The Hall–Kier alpha value is -1.11. The molecule has 1 aromatic rings. The van der Waals surface area contributed by atoms with Crippen molar-refractivity contribution < 1.29 is 14.3 Å². The van der Waals surface area contributed by atoms with Gasteiger partial charge in [0.05, 0.1) is 18.2 Å². The zero-order valence-corrected chi connectivity index (χ0v) is 14.7. The van der Waals surface area contributed by atoms with Gasteiger partial charge in [-0.25, -0.2) is 0 Å². The maximum absolute atomic E-state index is 12.4. The summed E-state index contributed by atoms with van der Waals surface area (Å²) in [6.45, 7) is 3.23. The first-order chi connectivity index (χ1) is 10.6. The molecule has 0 spiro atoms. The largest absolute Gasteiger partial charge is 0.496 e. The van der Waals surface area contributed by atoms with Crippen molar-refractivity contribution in [3.05, 3.63) is 28.2 Å². The van der Waals surface area contributed by atoms with Crippen LogP contribution in [0.5, 0.6) is 5.75 Å². The number of hydrogen-bond donors (Lipinski definition) is 2. The van der Waals surface area contributed by atoms with Gasteiger partial charge in [-0.1, -0.05) is 0 Å². The number of rotatable bonds is 6. The number of carbonyl (C=O) groups excluding carboxylic acids is 1. The second kappa shape index (κ2) is 7.94. The molecule has 6 heteroatoms. The standard InChI is InChI=1S/C16H23BrN2O3/c1-21-11-16(5-7-18-8-6-16)10-19-15(20)12-3-4-14(22-2)13(17)9-12/h3-4,9,18H,5-8,10-11H2,1-2H3,(H,19,20). The third-order valence-electron chi connectivity index (χ3n) is 4.15. The van der Waals surface area contributed by atoms with Gasteiger partial charge < -0.3 is 20.1 Å². The molecule has 0 saturated carbocycles. The predicted molar refractivity (Wildman–Crippen MR) is 89.4 cm³/mol. The van der Waals surface area contributed by atoms with Crippen molar-refractivity contribution in [3.8, 4) is 5.75 Å². The summed E-state index contributed by atoms with van der Waals surface area (Å²) in [5.41, 5.74) is 0.647. The molecule has 122 valence electrons. The number of hydrogen-bond acceptors (Lipinski definition) is 4. The number of benzene rings is 1. The van der Waals surface area contributed by atoms with Crippen LogP contribution in [0.1, 0.15) is 23.2 Å². The molecular formula is C16H23BrN2O3. The second-order valence-corrected chi connectivity index (χ2v) is 6.57. The Morgan fingerprint density at radius 3 is 2.68 bits per heavy atom. The maximum Gasteiger partial charge on any atom is 0.251 e. The fourth-order valence-electron chi connectivity index (χ4n) is 2.81. The van der Waals surface area contributed by atoms with Crippen LogP contribution in [0.15, 0.2) is 22.7 Å². The monoisotopic (exact) mass is 370 g/mol. The van der Waals surface area contributed by atoms with Gasteiger partial charge in [-0.3, -0.25) is 4.79 Å². The van der Waals surface area contributed by atoms with E-state index in [1.165, 1.54) is 0 Å². The van der Waals surface area contributed by atoms with Crippen LogP contribution in [-0.2, 0) is 4.74 Å². The molecule has 1 heterocycles. The lowest BCUT2D eigenvalue weighted by molar-refractivity contribution is 0.0511. The summed E-state index contributed by atoms with van der Waals surface area (Å²) in [7, 11) is 3.32. The van der Waals surface area contributed by atoms with Gasteiger partial charge in [-0.05, 0) is 60.1 Å². The quantitative estimate of drug-likeness (QED) is 0.805. The van der Waals surface area contributed by atoms with E-state index in [4.69, 9.17) is 9.47 Å². The van der Waals surface area contributed by atoms with E-state index in [0.717, 1.165) is 30.4 Å². The highest BCUT2D eigenvalue weighted by atomic mass is 79.9. The Labute approximate surface area is 139 Å². The molecule has 2 rings (SSSR count). The van der Waals surface area contributed by atoms with E-state index in [1.54, 1.807) is 32.4 Å². The molecule has 0 radical (unpaired) electrons. The topological polar surface area (TPSA) is 59.6 Å². The van der Waals surface area contributed by atoms with Gasteiger partial charge in [0.1, 0.15) is 5.75 Å². The lowest BCUT2D eigenvalue weighted by Crippen LogP contribution is -2.47. The highest BCUT2D eigenvalue weighted by molar-refractivity contribution is 9.10. The van der Waals surface area contributed by atoms with Gasteiger partial charge in [0.25, 0.3) is 5.91 Å². The van der Waals surface area contributed by atoms with Gasteiger partial charge in [-0.2, -0.15) is 0 Å². The molecule has 0 unspecified atom stereocenters. The summed E-state index contributed by atoms with van der Waals surface area (Å²) in [4.78, 5) is 12.4. The Morgan fingerprint density at radius 2 is 2.09 bits per heavy atom. The Bertz CT molecular complexity index is 511. The molecule has 0 aliphatic carbocycles. The van der Waals surface area contributed by atoms with Crippen LogP contribution < -0.4 is 15.4 Å². The van der Waals surface area contributed by atoms with Crippen LogP contribution in [0.25, 0.3) is 0 Å². The number of ether oxygens (including phenoxy) is 2. The molecule has 1 fully saturated rings. The summed E-state index contributed by atoms with van der Waals surface area (Å²) in [5.74, 6) is 0.642. The van der Waals surface area contributed by atoms with Crippen molar-refractivity contribution in [1.29, 1.82) is 0 Å². The molecule has 5 nitrogen and oxygen atoms in total. The minimum absolute atomic E-state index is 0.0271. The molecule has 0 bridgehead atoms. The predicted octanol–water partition coefficient (Wildman–Crippen LogP) is 2.20. The Morgan fingerprint density at radius 1 is 1.36 bits per heavy atom. The first kappa shape index (κ1) is 17.2. The highest BCUT2D eigenvalue weighted by Gasteiger charge is 2.32. The van der Waals surface area contributed by atoms with Gasteiger partial charge in [-0.15, -0.1) is 0 Å². The zero-order chi connectivity index (χ0) is 16.0. The highest BCUT2D eigenvalue weighted by Crippen LogP contribution is 2.29. The zero-order valence-electron chi connectivity index (χ0n) is 13.1. The summed E-state index contributed by atoms with van der Waals surface area (Å²) < 4.78 is 11.3. The van der Waals surface area contributed by atoms with Crippen molar-refractivity contribution in [2.24, 2.45) is 5.41 Å². The lowest BCUT2D eigenvalue weighted by Gasteiger charge is -2.37.